The van der Waals surface area contributed by atoms with Crippen LogP contribution < -0.4 is 28.0 Å². The molecule has 4 rings (SSSR count). The fourth-order valence-electron chi connectivity index (χ4n) is 4.47. The number of carbonyl (C=O) groups is 2. The Morgan fingerprint density at radius 3 is 2.57 bits per heavy atom. The van der Waals surface area contributed by atoms with Gasteiger partial charge in [0.1, 0.15) is 11.8 Å². The monoisotopic (exact) mass is 517 g/mol. The summed E-state index contributed by atoms with van der Waals surface area (Å²) in [7, 11) is 2.03. The minimum Gasteiger partial charge on any atom is -1.00 e. The Morgan fingerprint density at radius 1 is 1.11 bits per heavy atom. The van der Waals surface area contributed by atoms with E-state index < -0.39 is 0 Å². The van der Waals surface area contributed by atoms with Gasteiger partial charge in [0.2, 0.25) is 5.91 Å². The van der Waals surface area contributed by atoms with E-state index in [4.69, 9.17) is 0 Å². The zero-order valence-corrected chi connectivity index (χ0v) is 22.0. The molecular weight excluding hydrogens is 483 g/mol. The van der Waals surface area contributed by atoms with Crippen molar-refractivity contribution < 1.29 is 22.0 Å². The summed E-state index contributed by atoms with van der Waals surface area (Å²) in [6.45, 7) is 3.52. The summed E-state index contributed by atoms with van der Waals surface area (Å²) in [5.74, 6) is 1.27. The van der Waals surface area contributed by atoms with E-state index in [0.717, 1.165) is 55.9 Å². The van der Waals surface area contributed by atoms with Crippen LogP contribution in [0, 0.1) is 5.92 Å². The van der Waals surface area contributed by atoms with E-state index in [-0.39, 0.29) is 42.7 Å². The van der Waals surface area contributed by atoms with E-state index in [1.54, 1.807) is 0 Å². The van der Waals surface area contributed by atoms with Crippen molar-refractivity contribution in [3.63, 3.8) is 0 Å². The molecule has 1 amide bonds. The van der Waals surface area contributed by atoms with Gasteiger partial charge in [0.15, 0.2) is 11.9 Å². The van der Waals surface area contributed by atoms with E-state index in [2.05, 4.69) is 50.9 Å². The van der Waals surface area contributed by atoms with E-state index in [9.17, 15) is 9.59 Å². The maximum absolute atomic E-state index is 12.8. The number of nitrogens with one attached hydrogen (secondary N) is 2. The van der Waals surface area contributed by atoms with Crippen LogP contribution in [0.25, 0.3) is 16.5 Å². The Labute approximate surface area is 220 Å². The number of benzene rings is 2. The molecule has 1 atom stereocenters. The molecule has 0 saturated carbocycles. The quantitative estimate of drug-likeness (QED) is 0.434. The second-order valence-corrected chi connectivity index (χ2v) is 9.21. The number of halogens is 2. The number of carbonyl (C=O) groups excluding carboxylic acids is 2. The van der Waals surface area contributed by atoms with E-state index in [1.807, 2.05) is 32.3 Å². The molecule has 0 aromatic heterocycles. The molecular formula is C27H35Cl2N4O2. The minimum absolute atomic E-state index is 0. The molecule has 2 aliphatic heterocycles. The van der Waals surface area contributed by atoms with Gasteiger partial charge < -0.3 is 22.6 Å². The normalized spacial score (nSPS) is 16.2. The zero-order valence-electron chi connectivity index (χ0n) is 20.4. The second-order valence-electron chi connectivity index (χ2n) is 9.21. The highest BCUT2D eigenvalue weighted by Crippen LogP contribution is 2.22. The number of likely N-dealkylation sites (tertiary alicyclic amines) is 1. The Kier molecular flexibility index (Phi) is 11.2. The van der Waals surface area contributed by atoms with E-state index >= 15 is 0 Å². The molecule has 2 N–H and O–H groups in total. The van der Waals surface area contributed by atoms with Crippen LogP contribution in [-0.4, -0.2) is 48.6 Å². The van der Waals surface area contributed by atoms with Crippen molar-refractivity contribution in [3.05, 3.63) is 54.2 Å². The molecule has 0 aliphatic carbocycles. The Morgan fingerprint density at radius 2 is 1.86 bits per heavy atom. The van der Waals surface area contributed by atoms with Crippen molar-refractivity contribution in [3.8, 4) is 0 Å². The van der Waals surface area contributed by atoms with Gasteiger partial charge in [0, 0.05) is 31.5 Å². The Balaban J connectivity index is 0.00000216. The highest BCUT2D eigenvalue weighted by molar-refractivity contribution is 6.00. The lowest BCUT2D eigenvalue weighted by Gasteiger charge is -2.35. The summed E-state index contributed by atoms with van der Waals surface area (Å²) in [4.78, 5) is 31.1. The minimum atomic E-state index is -0.153. The topological polar surface area (TPSA) is 75.5 Å². The number of nitrogens with zero attached hydrogens (tertiary/aromatic N) is 2. The van der Waals surface area contributed by atoms with Crippen molar-refractivity contribution in [1.29, 1.82) is 0 Å². The van der Waals surface area contributed by atoms with Gasteiger partial charge in [-0.25, -0.2) is 5.32 Å². The van der Waals surface area contributed by atoms with Crippen LogP contribution in [-0.2, 0) is 9.59 Å². The summed E-state index contributed by atoms with van der Waals surface area (Å²) in [6.07, 6.45) is 6.74. The molecule has 1 saturated heterocycles. The summed E-state index contributed by atoms with van der Waals surface area (Å²) < 4.78 is 0. The number of hydrogen-bond donors (Lipinski definition) is 2. The Bertz CT molecular complexity index is 1080. The molecule has 2 aromatic carbocycles. The first-order valence-corrected chi connectivity index (χ1v) is 12.1. The SMILES string of the molecule is CCC(=O)CCCCC[C@H](NC(=O)C1CN(C)C1)C1=[N+]C=C(c2ccc3ccccc3c2)N1.Cl.[Cl-]. The van der Waals surface area contributed by atoms with Crippen LogP contribution in [0.2, 0.25) is 0 Å². The predicted molar refractivity (Wildman–Crippen MR) is 141 cm³/mol. The fourth-order valence-corrected chi connectivity index (χ4v) is 4.47. The number of aliphatic imine (C=N–C) groups is 1. The number of rotatable bonds is 11. The third-order valence-corrected chi connectivity index (χ3v) is 6.58. The van der Waals surface area contributed by atoms with Crippen LogP contribution in [0.4, 0.5) is 0 Å². The first-order valence-electron chi connectivity index (χ1n) is 12.1. The third kappa shape index (κ3) is 7.53. The number of Topliss-reactive ketones (excluding diaryl/α,β-unsaturated/α-hetero) is 1. The standard InChI is InChI=1S/C27H34N4O2.2ClH/c1-3-23(32)11-5-4-6-12-24(30-27(33)22-17-31(2)18-22)26-28-16-25(29-26)21-14-13-19-9-7-8-10-20(19)15-21;;/h7-10,13-16,22,24,29H,3-6,11-12,17-18H2,1-2H3,(H,30,33);2*1H/q+1;;/p-1/t24-;;/m0../s1. The predicted octanol–water partition coefficient (Wildman–Crippen LogP) is 0.878. The van der Waals surface area contributed by atoms with Crippen molar-refractivity contribution in [2.75, 3.05) is 20.1 Å². The molecule has 35 heavy (non-hydrogen) atoms. The van der Waals surface area contributed by atoms with Gasteiger partial charge >= 0.3 is 5.84 Å². The molecule has 6 nitrogen and oxygen atoms in total. The lowest BCUT2D eigenvalue weighted by Crippen LogP contribution is -3.00. The Hall–Kier alpha value is -2.41. The van der Waals surface area contributed by atoms with Crippen LogP contribution >= 0.6 is 12.4 Å². The van der Waals surface area contributed by atoms with E-state index in [1.165, 1.54) is 10.8 Å². The number of fused-ring (bicyclic) bond motifs is 1. The molecule has 0 unspecified atom stereocenters. The lowest BCUT2D eigenvalue weighted by atomic mass is 9.98. The molecule has 0 bridgehead atoms. The molecule has 1 fully saturated rings. The van der Waals surface area contributed by atoms with Gasteiger partial charge in [-0.15, -0.1) is 12.4 Å². The van der Waals surface area contributed by atoms with E-state index in [0.29, 0.717) is 18.6 Å². The second kappa shape index (κ2) is 13.6. The zero-order chi connectivity index (χ0) is 23.2. The van der Waals surface area contributed by atoms with Gasteiger partial charge in [-0.2, -0.15) is 0 Å². The molecule has 1 radical (unpaired) electrons. The number of hydrogen-bond acceptors (Lipinski definition) is 5. The molecule has 8 heteroatoms. The summed E-state index contributed by atoms with van der Waals surface area (Å²) in [6, 6.07) is 14.5. The number of unbranched alkanes of at least 4 members (excludes halogenated alkanes) is 2. The highest BCUT2D eigenvalue weighted by Gasteiger charge is 2.35. The maximum atomic E-state index is 12.8. The summed E-state index contributed by atoms with van der Waals surface area (Å²) >= 11 is 0. The summed E-state index contributed by atoms with van der Waals surface area (Å²) in [5.41, 5.74) is 2.03. The van der Waals surface area contributed by atoms with Crippen LogP contribution in [0.3, 0.4) is 0 Å². The average Bonchev–Trinajstić information content (AvgIpc) is 3.30. The first-order chi connectivity index (χ1) is 16.0. The third-order valence-electron chi connectivity index (χ3n) is 6.58. The van der Waals surface area contributed by atoms with Crippen LogP contribution in [0.15, 0.2) is 48.7 Å². The lowest BCUT2D eigenvalue weighted by molar-refractivity contribution is -0.130. The number of amides is 1. The molecule has 2 heterocycles. The molecule has 2 aliphatic rings. The van der Waals surface area contributed by atoms with Crippen molar-refractivity contribution >= 4 is 46.4 Å². The van der Waals surface area contributed by atoms with Gasteiger partial charge in [0.25, 0.3) is 0 Å². The van der Waals surface area contributed by atoms with Gasteiger partial charge in [-0.05, 0) is 47.8 Å². The van der Waals surface area contributed by atoms with Crippen molar-refractivity contribution in [2.45, 2.75) is 51.5 Å². The smallest absolute Gasteiger partial charge is 0.319 e. The van der Waals surface area contributed by atoms with Crippen molar-refractivity contribution in [2.24, 2.45) is 5.92 Å². The van der Waals surface area contributed by atoms with Crippen LogP contribution in [0.1, 0.15) is 51.0 Å². The van der Waals surface area contributed by atoms with Gasteiger partial charge in [-0.3, -0.25) is 9.59 Å². The summed E-state index contributed by atoms with van der Waals surface area (Å²) in [5, 5.41) is 9.09. The maximum Gasteiger partial charge on any atom is 0.319 e. The van der Waals surface area contributed by atoms with Crippen LogP contribution in [0.5, 0.6) is 0 Å². The highest BCUT2D eigenvalue weighted by atomic mass is 35.5. The molecule has 2 aromatic rings. The number of ketones is 1. The number of amidine groups is 1. The van der Waals surface area contributed by atoms with Gasteiger partial charge in [-0.1, -0.05) is 50.1 Å². The largest absolute Gasteiger partial charge is 1.00 e. The van der Waals surface area contributed by atoms with Gasteiger partial charge in [0.05, 0.1) is 5.92 Å². The fraction of sp³-hybridized carbons (Fsp3) is 0.444. The van der Waals surface area contributed by atoms with Crippen molar-refractivity contribution in [1.82, 2.24) is 20.5 Å². The molecule has 0 spiro atoms. The first kappa shape index (κ1) is 28.8. The average molecular weight is 519 g/mol. The molecule has 189 valence electrons.